The van der Waals surface area contributed by atoms with Gasteiger partial charge in [0.05, 0.1) is 12.9 Å². The van der Waals surface area contributed by atoms with Crippen LogP contribution in [0.5, 0.6) is 5.75 Å². The highest BCUT2D eigenvalue weighted by atomic mass is 16.5. The molecule has 1 amide bonds. The van der Waals surface area contributed by atoms with E-state index in [0.717, 1.165) is 0 Å². The lowest BCUT2D eigenvalue weighted by molar-refractivity contribution is -0.121. The monoisotopic (exact) mass is 274 g/mol. The van der Waals surface area contributed by atoms with Crippen molar-refractivity contribution in [1.29, 1.82) is 0 Å². The number of nitrogens with one attached hydrogen (secondary N) is 1. The number of anilines is 1. The lowest BCUT2D eigenvalue weighted by Crippen LogP contribution is -2.28. The van der Waals surface area contributed by atoms with E-state index < -0.39 is 0 Å². The van der Waals surface area contributed by atoms with E-state index >= 15 is 0 Å². The van der Waals surface area contributed by atoms with Crippen LogP contribution < -0.4 is 15.8 Å². The lowest BCUT2D eigenvalue weighted by atomic mass is 10.3. The maximum Gasteiger partial charge on any atom is 0.221 e. The Morgan fingerprint density at radius 3 is 3.10 bits per heavy atom. The summed E-state index contributed by atoms with van der Waals surface area (Å²) < 4.78 is 7.34. The van der Waals surface area contributed by atoms with Gasteiger partial charge in [0.1, 0.15) is 12.4 Å². The molecule has 0 fully saturated rings. The third kappa shape index (κ3) is 4.64. The Bertz CT molecular complexity index is 540. The minimum absolute atomic E-state index is 0.00474. The van der Waals surface area contributed by atoms with Crippen LogP contribution in [0.15, 0.2) is 43.0 Å². The van der Waals surface area contributed by atoms with Gasteiger partial charge in [0.25, 0.3) is 0 Å². The number of nitrogen functional groups attached to an aromatic ring is 1. The predicted octanol–water partition coefficient (Wildman–Crippen LogP) is 1.05. The molecule has 0 bridgehead atoms. The van der Waals surface area contributed by atoms with Gasteiger partial charge in [-0.3, -0.25) is 4.79 Å². The smallest absolute Gasteiger partial charge is 0.221 e. The molecule has 6 nitrogen and oxygen atoms in total. The van der Waals surface area contributed by atoms with E-state index in [1.807, 2.05) is 22.9 Å². The zero-order valence-electron chi connectivity index (χ0n) is 11.2. The summed E-state index contributed by atoms with van der Waals surface area (Å²) in [6.45, 7) is 1.51. The number of hydrogen-bond donors (Lipinski definition) is 2. The van der Waals surface area contributed by atoms with E-state index in [1.54, 1.807) is 24.7 Å². The number of imidazole rings is 1. The third-order valence-corrected chi connectivity index (χ3v) is 2.71. The third-order valence-electron chi connectivity index (χ3n) is 2.71. The lowest BCUT2D eigenvalue weighted by Gasteiger charge is -2.08. The molecule has 6 heteroatoms. The summed E-state index contributed by atoms with van der Waals surface area (Å²) in [6.07, 6.45) is 5.64. The zero-order valence-corrected chi connectivity index (χ0v) is 11.2. The molecule has 0 saturated carbocycles. The van der Waals surface area contributed by atoms with Gasteiger partial charge in [0.15, 0.2) is 0 Å². The van der Waals surface area contributed by atoms with Crippen molar-refractivity contribution in [3.05, 3.63) is 43.0 Å². The first-order valence-corrected chi connectivity index (χ1v) is 6.45. The molecule has 106 valence electrons. The molecule has 2 aromatic rings. The van der Waals surface area contributed by atoms with Gasteiger partial charge in [-0.2, -0.15) is 0 Å². The summed E-state index contributed by atoms with van der Waals surface area (Å²) in [5, 5.41) is 2.80. The first-order chi connectivity index (χ1) is 9.74. The SMILES string of the molecule is Nc1cccc(OCCNC(=O)CCn2ccnc2)c1. The van der Waals surface area contributed by atoms with Crippen LogP contribution >= 0.6 is 0 Å². The summed E-state index contributed by atoms with van der Waals surface area (Å²) in [7, 11) is 0. The fourth-order valence-corrected chi connectivity index (χ4v) is 1.70. The van der Waals surface area contributed by atoms with E-state index in [4.69, 9.17) is 10.5 Å². The van der Waals surface area contributed by atoms with Crippen LogP contribution in [0.4, 0.5) is 5.69 Å². The molecule has 0 aliphatic carbocycles. The Morgan fingerprint density at radius 2 is 2.35 bits per heavy atom. The Kier molecular flexibility index (Phi) is 5.00. The van der Waals surface area contributed by atoms with Crippen molar-refractivity contribution in [2.24, 2.45) is 0 Å². The van der Waals surface area contributed by atoms with Gasteiger partial charge in [0.2, 0.25) is 5.91 Å². The van der Waals surface area contributed by atoms with Gasteiger partial charge in [-0.05, 0) is 12.1 Å². The van der Waals surface area contributed by atoms with Gasteiger partial charge in [-0.15, -0.1) is 0 Å². The normalized spacial score (nSPS) is 10.2. The minimum Gasteiger partial charge on any atom is -0.492 e. The number of hydrogen-bond acceptors (Lipinski definition) is 4. The van der Waals surface area contributed by atoms with E-state index in [0.29, 0.717) is 37.6 Å². The second-order valence-electron chi connectivity index (χ2n) is 4.32. The highest BCUT2D eigenvalue weighted by molar-refractivity contribution is 5.75. The number of nitrogens with two attached hydrogens (primary N) is 1. The van der Waals surface area contributed by atoms with Crippen molar-refractivity contribution in [2.75, 3.05) is 18.9 Å². The van der Waals surface area contributed by atoms with Crippen molar-refractivity contribution in [1.82, 2.24) is 14.9 Å². The van der Waals surface area contributed by atoms with Crippen LogP contribution in [0.2, 0.25) is 0 Å². The minimum atomic E-state index is -0.00474. The average Bonchev–Trinajstić information content (AvgIpc) is 2.95. The molecule has 0 unspecified atom stereocenters. The number of benzene rings is 1. The maximum atomic E-state index is 11.6. The number of aromatic nitrogens is 2. The van der Waals surface area contributed by atoms with Crippen molar-refractivity contribution in [3.63, 3.8) is 0 Å². The molecular formula is C14H18N4O2. The summed E-state index contributed by atoms with van der Waals surface area (Å²) in [5.74, 6) is 0.701. The summed E-state index contributed by atoms with van der Waals surface area (Å²) >= 11 is 0. The molecule has 0 aliphatic heterocycles. The maximum absolute atomic E-state index is 11.6. The second kappa shape index (κ2) is 7.18. The summed E-state index contributed by atoms with van der Waals surface area (Å²) in [6, 6.07) is 7.21. The Morgan fingerprint density at radius 1 is 1.45 bits per heavy atom. The molecular weight excluding hydrogens is 256 g/mol. The number of amides is 1. The van der Waals surface area contributed by atoms with E-state index in [-0.39, 0.29) is 5.91 Å². The fraction of sp³-hybridized carbons (Fsp3) is 0.286. The Balaban J connectivity index is 1.59. The van der Waals surface area contributed by atoms with Crippen molar-refractivity contribution in [2.45, 2.75) is 13.0 Å². The van der Waals surface area contributed by atoms with Crippen LogP contribution in [-0.2, 0) is 11.3 Å². The summed E-state index contributed by atoms with van der Waals surface area (Å²) in [5.41, 5.74) is 6.30. The van der Waals surface area contributed by atoms with Gasteiger partial charge in [0, 0.05) is 37.1 Å². The first kappa shape index (κ1) is 13.9. The molecule has 0 saturated heterocycles. The molecule has 0 atom stereocenters. The van der Waals surface area contributed by atoms with Gasteiger partial charge in [-0.25, -0.2) is 4.98 Å². The number of ether oxygens (including phenoxy) is 1. The number of nitrogens with zero attached hydrogens (tertiary/aromatic N) is 2. The van der Waals surface area contributed by atoms with Crippen molar-refractivity contribution in [3.8, 4) is 5.75 Å². The van der Waals surface area contributed by atoms with Crippen molar-refractivity contribution >= 4 is 11.6 Å². The molecule has 20 heavy (non-hydrogen) atoms. The quantitative estimate of drug-likeness (QED) is 0.584. The second-order valence-corrected chi connectivity index (χ2v) is 4.32. The van der Waals surface area contributed by atoms with Crippen LogP contribution in [0.25, 0.3) is 0 Å². The van der Waals surface area contributed by atoms with Gasteiger partial charge in [-0.1, -0.05) is 6.07 Å². The highest BCUT2D eigenvalue weighted by Crippen LogP contribution is 2.13. The van der Waals surface area contributed by atoms with Crippen LogP contribution in [0.3, 0.4) is 0 Å². The van der Waals surface area contributed by atoms with E-state index in [2.05, 4.69) is 10.3 Å². The highest BCUT2D eigenvalue weighted by Gasteiger charge is 2.01. The molecule has 3 N–H and O–H groups in total. The fourth-order valence-electron chi connectivity index (χ4n) is 1.70. The number of rotatable bonds is 7. The first-order valence-electron chi connectivity index (χ1n) is 6.45. The van der Waals surface area contributed by atoms with Crippen LogP contribution in [0, 0.1) is 0 Å². The number of aryl methyl sites for hydroxylation is 1. The van der Waals surface area contributed by atoms with Crippen LogP contribution in [-0.4, -0.2) is 28.6 Å². The molecule has 1 aromatic heterocycles. The van der Waals surface area contributed by atoms with Crippen LogP contribution in [0.1, 0.15) is 6.42 Å². The summed E-state index contributed by atoms with van der Waals surface area (Å²) in [4.78, 5) is 15.5. The zero-order chi connectivity index (χ0) is 14.2. The van der Waals surface area contributed by atoms with Gasteiger partial charge >= 0.3 is 0 Å². The Labute approximate surface area is 117 Å². The molecule has 1 aromatic carbocycles. The van der Waals surface area contributed by atoms with Gasteiger partial charge < -0.3 is 20.4 Å². The van der Waals surface area contributed by atoms with E-state index in [1.165, 1.54) is 0 Å². The molecule has 1 heterocycles. The predicted molar refractivity (Wildman–Crippen MR) is 76.2 cm³/mol. The molecule has 2 rings (SSSR count). The molecule has 0 aliphatic rings. The molecule has 0 radical (unpaired) electrons. The van der Waals surface area contributed by atoms with E-state index in [9.17, 15) is 4.79 Å². The van der Waals surface area contributed by atoms with Crippen molar-refractivity contribution < 1.29 is 9.53 Å². The number of carbonyl (C=O) groups excluding carboxylic acids is 1. The Hall–Kier alpha value is -2.50. The molecule has 0 spiro atoms. The topological polar surface area (TPSA) is 82.2 Å². The number of carbonyl (C=O) groups is 1. The standard InChI is InChI=1S/C14H18N4O2/c15-12-2-1-3-13(10-12)20-9-6-17-14(19)4-7-18-8-5-16-11-18/h1-3,5,8,10-11H,4,6-7,9,15H2,(H,17,19). The largest absolute Gasteiger partial charge is 0.492 e. The average molecular weight is 274 g/mol.